The Labute approximate surface area is 214 Å². The van der Waals surface area contributed by atoms with E-state index in [4.69, 9.17) is 16.6 Å². The molecule has 1 aromatic carbocycles. The maximum Gasteiger partial charge on any atom is 0.185 e. The lowest BCUT2D eigenvalue weighted by molar-refractivity contribution is 0.355. The molecule has 4 aromatic rings. The van der Waals surface area contributed by atoms with E-state index in [9.17, 15) is 13.2 Å². The number of aromatic nitrogens is 3. The summed E-state index contributed by atoms with van der Waals surface area (Å²) in [5.41, 5.74) is 1.99. The number of alkyl halides is 1. The second kappa shape index (κ2) is 9.49. The van der Waals surface area contributed by atoms with Crippen molar-refractivity contribution < 1.29 is 13.2 Å². The van der Waals surface area contributed by atoms with Crippen molar-refractivity contribution in [3.05, 3.63) is 64.9 Å². The lowest BCUT2D eigenvalue weighted by atomic mass is 10.0. The van der Waals surface area contributed by atoms with Gasteiger partial charge in [0.25, 0.3) is 0 Å². The monoisotopic (exact) mass is 530 g/mol. The fourth-order valence-electron chi connectivity index (χ4n) is 4.91. The molecule has 1 N–H and O–H groups in total. The van der Waals surface area contributed by atoms with Gasteiger partial charge in [-0.15, -0.1) is 0 Å². The average Bonchev–Trinajstić information content (AvgIpc) is 3.53. The highest BCUT2D eigenvalue weighted by Gasteiger charge is 2.36. The van der Waals surface area contributed by atoms with E-state index in [1.165, 1.54) is 11.3 Å². The van der Waals surface area contributed by atoms with Gasteiger partial charge < -0.3 is 15.1 Å². The third kappa shape index (κ3) is 4.27. The zero-order valence-corrected chi connectivity index (χ0v) is 20.7. The van der Waals surface area contributed by atoms with E-state index in [1.807, 2.05) is 0 Å². The van der Waals surface area contributed by atoms with Gasteiger partial charge >= 0.3 is 0 Å². The summed E-state index contributed by atoms with van der Waals surface area (Å²) >= 11 is 8.15. The molecule has 6 nitrogen and oxygen atoms in total. The lowest BCUT2D eigenvalue weighted by Crippen LogP contribution is -2.43. The van der Waals surface area contributed by atoms with Crippen molar-refractivity contribution in [2.75, 3.05) is 42.5 Å². The van der Waals surface area contributed by atoms with Crippen LogP contribution in [0.1, 0.15) is 18.0 Å². The highest BCUT2D eigenvalue weighted by molar-refractivity contribution is 7.19. The Balaban J connectivity index is 1.42. The molecule has 2 aliphatic heterocycles. The Bertz CT molecular complexity index is 1430. The Morgan fingerprint density at radius 1 is 1.06 bits per heavy atom. The number of benzene rings is 1. The summed E-state index contributed by atoms with van der Waals surface area (Å²) < 4.78 is 43.1. The predicted octanol–water partition coefficient (Wildman–Crippen LogP) is 5.38. The van der Waals surface area contributed by atoms with Crippen molar-refractivity contribution in [2.24, 2.45) is 0 Å². The van der Waals surface area contributed by atoms with E-state index in [0.29, 0.717) is 27.4 Å². The Hall–Kier alpha value is -2.95. The normalized spacial score (nSPS) is 20.4. The Kier molecular flexibility index (Phi) is 6.18. The van der Waals surface area contributed by atoms with E-state index < -0.39 is 23.8 Å². The molecule has 2 saturated heterocycles. The van der Waals surface area contributed by atoms with Crippen molar-refractivity contribution in [3.8, 4) is 10.4 Å². The number of hydrogen-bond acceptors (Lipinski definition) is 7. The lowest BCUT2D eigenvalue weighted by Gasteiger charge is -2.26. The molecule has 36 heavy (non-hydrogen) atoms. The van der Waals surface area contributed by atoms with Crippen LogP contribution in [-0.2, 0) is 0 Å². The second-order valence-electron chi connectivity index (χ2n) is 8.93. The molecule has 3 aromatic heterocycles. The number of piperazine rings is 1. The number of rotatable bonds is 4. The molecule has 0 unspecified atom stereocenters. The van der Waals surface area contributed by atoms with Gasteiger partial charge in [0.15, 0.2) is 5.13 Å². The van der Waals surface area contributed by atoms with Gasteiger partial charge in [-0.2, -0.15) is 0 Å². The number of thiazole rings is 1. The summed E-state index contributed by atoms with van der Waals surface area (Å²) in [5.74, 6) is -0.686. The first kappa shape index (κ1) is 23.4. The third-order valence-electron chi connectivity index (χ3n) is 6.64. The zero-order chi connectivity index (χ0) is 24.8. The molecule has 2 atom stereocenters. The molecule has 2 aliphatic rings. The van der Waals surface area contributed by atoms with Gasteiger partial charge in [-0.3, -0.25) is 4.98 Å². The van der Waals surface area contributed by atoms with Crippen LogP contribution < -0.4 is 15.1 Å². The number of fused-ring (bicyclic) bond motifs is 1. The van der Waals surface area contributed by atoms with Gasteiger partial charge in [0, 0.05) is 56.1 Å². The first-order chi connectivity index (χ1) is 17.5. The zero-order valence-electron chi connectivity index (χ0n) is 19.1. The fourth-order valence-corrected chi connectivity index (χ4v) is 6.24. The molecule has 5 heterocycles. The number of pyridine rings is 2. The summed E-state index contributed by atoms with van der Waals surface area (Å²) in [5, 5.41) is 4.67. The smallest absolute Gasteiger partial charge is 0.185 e. The fraction of sp³-hybridized carbons (Fsp3) is 0.320. The van der Waals surface area contributed by atoms with Crippen LogP contribution in [0.15, 0.2) is 42.7 Å². The van der Waals surface area contributed by atoms with Crippen molar-refractivity contribution in [1.29, 1.82) is 0 Å². The van der Waals surface area contributed by atoms with E-state index in [1.54, 1.807) is 29.4 Å². The van der Waals surface area contributed by atoms with E-state index in [-0.39, 0.29) is 18.5 Å². The number of nitrogens with zero attached hydrogens (tertiary/aromatic N) is 5. The molecule has 11 heteroatoms. The molecule has 2 fully saturated rings. The first-order valence-corrected chi connectivity index (χ1v) is 12.9. The van der Waals surface area contributed by atoms with Crippen LogP contribution in [0.25, 0.3) is 21.5 Å². The quantitative estimate of drug-likeness (QED) is 0.382. The van der Waals surface area contributed by atoms with Gasteiger partial charge in [-0.1, -0.05) is 22.9 Å². The van der Waals surface area contributed by atoms with Gasteiger partial charge in [0.1, 0.15) is 29.1 Å². The summed E-state index contributed by atoms with van der Waals surface area (Å²) in [6.45, 7) is 3.57. The van der Waals surface area contributed by atoms with Crippen LogP contribution in [0.3, 0.4) is 0 Å². The average molecular weight is 531 g/mol. The minimum atomic E-state index is -1.20. The van der Waals surface area contributed by atoms with Crippen LogP contribution in [-0.4, -0.2) is 53.8 Å². The largest absolute Gasteiger partial charge is 0.346 e. The van der Waals surface area contributed by atoms with E-state index >= 15 is 0 Å². The van der Waals surface area contributed by atoms with Gasteiger partial charge in [-0.25, -0.2) is 23.1 Å². The van der Waals surface area contributed by atoms with Crippen molar-refractivity contribution in [3.63, 3.8) is 0 Å². The van der Waals surface area contributed by atoms with Crippen molar-refractivity contribution >= 4 is 44.9 Å². The van der Waals surface area contributed by atoms with Crippen molar-refractivity contribution in [2.45, 2.75) is 18.6 Å². The maximum absolute atomic E-state index is 14.6. The molecule has 0 saturated carbocycles. The molecule has 6 rings (SSSR count). The molecule has 0 amide bonds. The standard InChI is InChI=1S/C25H22ClF3N6S/c26-17-11-31-19-3-4-22(35-13-15(28)10-20(35)16-9-14(27)1-2-18(16)29)33-24(19)23(17)21-12-32-25(36-21)34-7-5-30-6-8-34/h1-4,9,11-12,15,20,30H,5-8,10,13H2/t15-,20+/m0/s1. The third-order valence-corrected chi connectivity index (χ3v) is 8.00. The highest BCUT2D eigenvalue weighted by Crippen LogP contribution is 2.42. The van der Waals surface area contributed by atoms with E-state index in [2.05, 4.69) is 20.2 Å². The van der Waals surface area contributed by atoms with Crippen molar-refractivity contribution in [1.82, 2.24) is 20.3 Å². The van der Waals surface area contributed by atoms with Gasteiger partial charge in [0.05, 0.1) is 28.0 Å². The molecule has 0 bridgehead atoms. The number of anilines is 2. The molecule has 0 radical (unpaired) electrons. The van der Waals surface area contributed by atoms with Crippen LogP contribution in [0.2, 0.25) is 5.02 Å². The molecule has 0 aliphatic carbocycles. The molecular formula is C25H22ClF3N6S. The molecular weight excluding hydrogens is 509 g/mol. The molecule has 0 spiro atoms. The minimum absolute atomic E-state index is 0.0240. The summed E-state index contributed by atoms with van der Waals surface area (Å²) in [7, 11) is 0. The summed E-state index contributed by atoms with van der Waals surface area (Å²) in [6, 6.07) is 6.10. The minimum Gasteiger partial charge on any atom is -0.346 e. The summed E-state index contributed by atoms with van der Waals surface area (Å²) in [6.07, 6.45) is 2.22. The van der Waals surface area contributed by atoms with Crippen LogP contribution in [0.5, 0.6) is 0 Å². The van der Waals surface area contributed by atoms with Crippen LogP contribution in [0.4, 0.5) is 24.1 Å². The highest BCUT2D eigenvalue weighted by atomic mass is 35.5. The number of hydrogen-bond donors (Lipinski definition) is 1. The summed E-state index contributed by atoms with van der Waals surface area (Å²) in [4.78, 5) is 18.6. The maximum atomic E-state index is 14.6. The SMILES string of the molecule is Fc1ccc(F)c([C@H]2C[C@H](F)CN2c2ccc3ncc(Cl)c(-c4cnc(N5CCNCC5)s4)c3n2)c1. The van der Waals surface area contributed by atoms with Crippen LogP contribution >= 0.6 is 22.9 Å². The predicted molar refractivity (Wildman–Crippen MR) is 137 cm³/mol. The van der Waals surface area contributed by atoms with Crippen LogP contribution in [0, 0.1) is 11.6 Å². The van der Waals surface area contributed by atoms with E-state index in [0.717, 1.165) is 54.4 Å². The number of halogens is 4. The Morgan fingerprint density at radius 2 is 1.89 bits per heavy atom. The number of nitrogens with one attached hydrogen (secondary N) is 1. The topological polar surface area (TPSA) is 57.2 Å². The Morgan fingerprint density at radius 3 is 2.72 bits per heavy atom. The second-order valence-corrected chi connectivity index (χ2v) is 10.3. The van der Waals surface area contributed by atoms with Gasteiger partial charge in [-0.05, 0) is 30.3 Å². The van der Waals surface area contributed by atoms with Gasteiger partial charge in [0.2, 0.25) is 0 Å². The first-order valence-electron chi connectivity index (χ1n) is 11.7. The molecule has 186 valence electrons.